The minimum absolute atomic E-state index is 0.195. The van der Waals surface area contributed by atoms with E-state index < -0.39 is 29.2 Å². The van der Waals surface area contributed by atoms with Gasteiger partial charge in [0, 0.05) is 11.9 Å². The predicted octanol–water partition coefficient (Wildman–Crippen LogP) is 3.38. The maximum atomic E-state index is 12.1. The van der Waals surface area contributed by atoms with Crippen molar-refractivity contribution in [2.45, 2.75) is 58.7 Å². The van der Waals surface area contributed by atoms with Crippen LogP contribution in [0.25, 0.3) is 0 Å². The van der Waals surface area contributed by atoms with Crippen molar-refractivity contribution in [3.05, 3.63) is 24.0 Å². The average Bonchev–Trinajstić information content (AvgIpc) is 2.35. The highest BCUT2D eigenvalue weighted by Crippen LogP contribution is 2.21. The number of rotatable bonds is 3. The number of esters is 1. The Kier molecular flexibility index (Phi) is 5.91. The van der Waals surface area contributed by atoms with E-state index in [1.807, 2.05) is 6.07 Å². The molecule has 0 aliphatic rings. The number of ether oxygens (including phenoxy) is 2. The van der Waals surface area contributed by atoms with Gasteiger partial charge in [-0.15, -0.1) is 0 Å². The first-order valence-corrected chi connectivity index (χ1v) is 7.50. The fourth-order valence-electron chi connectivity index (χ4n) is 1.71. The second-order valence-corrected chi connectivity index (χ2v) is 7.19. The molecule has 1 amide bonds. The van der Waals surface area contributed by atoms with E-state index >= 15 is 0 Å². The molecule has 1 rings (SSSR count). The number of carbonyl (C=O) groups excluding carboxylic acids is 2. The topological polar surface area (TPSA) is 101 Å². The van der Waals surface area contributed by atoms with Crippen molar-refractivity contribution >= 4 is 17.7 Å². The second kappa shape index (κ2) is 7.30. The third kappa shape index (κ3) is 6.65. The van der Waals surface area contributed by atoms with Crippen LogP contribution in [0.4, 0.5) is 10.5 Å². The van der Waals surface area contributed by atoms with Crippen molar-refractivity contribution in [3.63, 3.8) is 0 Å². The van der Waals surface area contributed by atoms with Crippen molar-refractivity contribution in [2.75, 3.05) is 5.32 Å². The molecule has 0 saturated heterocycles. The molecular formula is C17H23N3O4. The summed E-state index contributed by atoms with van der Waals surface area (Å²) >= 11 is 0. The highest BCUT2D eigenvalue weighted by molar-refractivity contribution is 5.86. The lowest BCUT2D eigenvalue weighted by Crippen LogP contribution is -2.28. The summed E-state index contributed by atoms with van der Waals surface area (Å²) in [4.78, 5) is 27.9. The third-order valence-electron chi connectivity index (χ3n) is 2.49. The summed E-state index contributed by atoms with van der Waals surface area (Å²) in [6.45, 7) is 10.4. The van der Waals surface area contributed by atoms with Crippen molar-refractivity contribution in [1.82, 2.24) is 4.98 Å². The van der Waals surface area contributed by atoms with Crippen molar-refractivity contribution in [3.8, 4) is 6.07 Å². The molecule has 0 bridgehead atoms. The zero-order valence-electron chi connectivity index (χ0n) is 14.8. The first-order valence-electron chi connectivity index (χ1n) is 7.50. The molecule has 0 saturated carbocycles. The summed E-state index contributed by atoms with van der Waals surface area (Å²) < 4.78 is 10.4. The zero-order valence-corrected chi connectivity index (χ0v) is 14.8. The molecule has 1 N–H and O–H groups in total. The number of nitrogens with one attached hydrogen (secondary N) is 1. The highest BCUT2D eigenvalue weighted by atomic mass is 16.6. The van der Waals surface area contributed by atoms with E-state index in [1.54, 1.807) is 41.5 Å². The van der Waals surface area contributed by atoms with Gasteiger partial charge in [-0.1, -0.05) is 0 Å². The van der Waals surface area contributed by atoms with Gasteiger partial charge in [0.2, 0.25) is 0 Å². The van der Waals surface area contributed by atoms with Gasteiger partial charge < -0.3 is 9.47 Å². The number of pyridine rings is 1. The normalized spacial score (nSPS) is 12.7. The first-order chi connectivity index (χ1) is 10.9. The van der Waals surface area contributed by atoms with Crippen LogP contribution in [0.15, 0.2) is 18.3 Å². The number of nitrogens with zero attached hydrogens (tertiary/aromatic N) is 2. The SMILES string of the molecule is CC(C)(C)OC(=O)Nc1ccnc(C(C#N)C(=O)OC(C)(C)C)c1. The molecule has 1 heterocycles. The molecule has 0 fully saturated rings. The molecule has 1 atom stereocenters. The largest absolute Gasteiger partial charge is 0.459 e. The van der Waals surface area contributed by atoms with E-state index in [2.05, 4.69) is 10.3 Å². The molecule has 1 unspecified atom stereocenters. The van der Waals surface area contributed by atoms with Gasteiger partial charge in [-0.25, -0.2) is 4.79 Å². The van der Waals surface area contributed by atoms with E-state index in [-0.39, 0.29) is 5.69 Å². The Balaban J connectivity index is 2.92. The molecule has 0 radical (unpaired) electrons. The van der Waals surface area contributed by atoms with Crippen LogP contribution in [0.2, 0.25) is 0 Å². The molecule has 7 heteroatoms. The van der Waals surface area contributed by atoms with Crippen LogP contribution in [0.1, 0.15) is 53.2 Å². The molecule has 0 spiro atoms. The predicted molar refractivity (Wildman–Crippen MR) is 88.3 cm³/mol. The van der Waals surface area contributed by atoms with Crippen LogP contribution < -0.4 is 5.32 Å². The Bertz CT molecular complexity index is 651. The summed E-state index contributed by atoms with van der Waals surface area (Å²) in [5, 5.41) is 11.8. The Morgan fingerprint density at radius 1 is 1.17 bits per heavy atom. The molecule has 130 valence electrons. The fourth-order valence-corrected chi connectivity index (χ4v) is 1.71. The molecule has 24 heavy (non-hydrogen) atoms. The van der Waals surface area contributed by atoms with Crippen LogP contribution >= 0.6 is 0 Å². The summed E-state index contributed by atoms with van der Waals surface area (Å²) in [6.07, 6.45) is 0.766. The lowest BCUT2D eigenvalue weighted by Gasteiger charge is -2.21. The van der Waals surface area contributed by atoms with E-state index in [0.29, 0.717) is 5.69 Å². The van der Waals surface area contributed by atoms with Gasteiger partial charge in [0.05, 0.1) is 11.8 Å². The molecule has 0 aromatic carbocycles. The van der Waals surface area contributed by atoms with Gasteiger partial charge in [0.1, 0.15) is 11.2 Å². The van der Waals surface area contributed by atoms with E-state index in [9.17, 15) is 14.9 Å². The fraction of sp³-hybridized carbons (Fsp3) is 0.529. The molecule has 1 aromatic heterocycles. The second-order valence-electron chi connectivity index (χ2n) is 7.19. The smallest absolute Gasteiger partial charge is 0.412 e. The maximum Gasteiger partial charge on any atom is 0.412 e. The van der Waals surface area contributed by atoms with Crippen LogP contribution in [-0.2, 0) is 14.3 Å². The first kappa shape index (κ1) is 19.4. The quantitative estimate of drug-likeness (QED) is 0.851. The number of carbonyl (C=O) groups is 2. The van der Waals surface area contributed by atoms with E-state index in [1.165, 1.54) is 18.3 Å². The minimum atomic E-state index is -1.18. The van der Waals surface area contributed by atoms with Gasteiger partial charge in [-0.3, -0.25) is 15.1 Å². The van der Waals surface area contributed by atoms with Gasteiger partial charge in [0.25, 0.3) is 0 Å². The summed E-state index contributed by atoms with van der Waals surface area (Å²) in [6, 6.07) is 4.86. The number of nitriles is 1. The number of hydrogen-bond donors (Lipinski definition) is 1. The van der Waals surface area contributed by atoms with Gasteiger partial charge >= 0.3 is 12.1 Å². The van der Waals surface area contributed by atoms with Gasteiger partial charge in [-0.05, 0) is 53.7 Å². The maximum absolute atomic E-state index is 12.1. The third-order valence-corrected chi connectivity index (χ3v) is 2.49. The van der Waals surface area contributed by atoms with Gasteiger partial charge in [-0.2, -0.15) is 5.26 Å². The standard InChI is InChI=1S/C17H23N3O4/c1-16(2,3)23-14(21)12(10-18)13-9-11(7-8-19-13)20-15(22)24-17(4,5)6/h7-9,12H,1-6H3,(H,19,20,22). The van der Waals surface area contributed by atoms with E-state index in [0.717, 1.165) is 0 Å². The van der Waals surface area contributed by atoms with Crippen LogP contribution in [0.5, 0.6) is 0 Å². The highest BCUT2D eigenvalue weighted by Gasteiger charge is 2.28. The Hall–Kier alpha value is -2.62. The van der Waals surface area contributed by atoms with Crippen LogP contribution in [0, 0.1) is 11.3 Å². The molecule has 0 aliphatic heterocycles. The molecule has 1 aromatic rings. The van der Waals surface area contributed by atoms with E-state index in [4.69, 9.17) is 9.47 Å². The zero-order chi connectivity index (χ0) is 18.5. The van der Waals surface area contributed by atoms with Gasteiger partial charge in [0.15, 0.2) is 5.92 Å². The minimum Gasteiger partial charge on any atom is -0.459 e. The summed E-state index contributed by atoms with van der Waals surface area (Å²) in [5.74, 6) is -1.86. The number of aromatic nitrogens is 1. The van der Waals surface area contributed by atoms with Crippen LogP contribution in [0.3, 0.4) is 0 Å². The molecule has 7 nitrogen and oxygen atoms in total. The van der Waals surface area contributed by atoms with Crippen molar-refractivity contribution in [1.29, 1.82) is 5.26 Å². The van der Waals surface area contributed by atoms with Crippen molar-refractivity contribution < 1.29 is 19.1 Å². The lowest BCUT2D eigenvalue weighted by atomic mass is 10.1. The lowest BCUT2D eigenvalue weighted by molar-refractivity contribution is -0.155. The monoisotopic (exact) mass is 333 g/mol. The summed E-state index contributed by atoms with van der Waals surface area (Å²) in [5.41, 5.74) is -0.775. The molecule has 0 aliphatic carbocycles. The Morgan fingerprint density at radius 2 is 1.75 bits per heavy atom. The number of hydrogen-bond acceptors (Lipinski definition) is 6. The van der Waals surface area contributed by atoms with Crippen molar-refractivity contribution in [2.24, 2.45) is 0 Å². The Morgan fingerprint density at radius 3 is 2.25 bits per heavy atom. The average molecular weight is 333 g/mol. The Labute approximate surface area is 142 Å². The number of anilines is 1. The van der Waals surface area contributed by atoms with Crippen LogP contribution in [-0.4, -0.2) is 28.2 Å². The number of amides is 1. The molecular weight excluding hydrogens is 310 g/mol. The summed E-state index contributed by atoms with van der Waals surface area (Å²) in [7, 11) is 0.